The highest BCUT2D eigenvalue weighted by Crippen LogP contribution is 2.24. The zero-order chi connectivity index (χ0) is 20.6. The number of benzene rings is 1. The highest BCUT2D eigenvalue weighted by atomic mass is 32.2. The van der Waals surface area contributed by atoms with Gasteiger partial charge >= 0.3 is 0 Å². The molecule has 4 rings (SSSR count). The Kier molecular flexibility index (Phi) is 5.71. The SMILES string of the molecule is Cc1ccc(C)c(S(=O)(=O)N2CCN(Cn3nc(-c4cccs4)oc3=S)CC2)c1. The van der Waals surface area contributed by atoms with Crippen LogP contribution in [0, 0.1) is 18.7 Å². The van der Waals surface area contributed by atoms with Crippen molar-refractivity contribution in [3.05, 3.63) is 51.7 Å². The van der Waals surface area contributed by atoms with Crippen molar-refractivity contribution in [2.45, 2.75) is 25.4 Å². The van der Waals surface area contributed by atoms with Crippen LogP contribution in [0.5, 0.6) is 0 Å². The van der Waals surface area contributed by atoms with Gasteiger partial charge in [-0.15, -0.1) is 16.4 Å². The molecule has 1 aliphatic rings. The molecule has 0 bridgehead atoms. The number of thiophene rings is 1. The van der Waals surface area contributed by atoms with Crippen LogP contribution in [0.25, 0.3) is 10.8 Å². The van der Waals surface area contributed by atoms with E-state index in [0.29, 0.717) is 48.5 Å². The van der Waals surface area contributed by atoms with Crippen LogP contribution in [0.4, 0.5) is 0 Å². The van der Waals surface area contributed by atoms with Crippen LogP contribution >= 0.6 is 23.6 Å². The maximum absolute atomic E-state index is 13.1. The molecule has 0 amide bonds. The molecule has 154 valence electrons. The van der Waals surface area contributed by atoms with E-state index < -0.39 is 10.0 Å². The van der Waals surface area contributed by atoms with Gasteiger partial charge in [0.2, 0.25) is 10.0 Å². The first kappa shape index (κ1) is 20.4. The molecule has 1 aliphatic heterocycles. The monoisotopic (exact) mass is 450 g/mol. The van der Waals surface area contributed by atoms with E-state index in [1.165, 1.54) is 0 Å². The van der Waals surface area contributed by atoms with Crippen LogP contribution in [0.2, 0.25) is 0 Å². The van der Waals surface area contributed by atoms with Crippen molar-refractivity contribution in [3.8, 4) is 10.8 Å². The molecule has 0 radical (unpaired) electrons. The summed E-state index contributed by atoms with van der Waals surface area (Å²) in [5.41, 5.74) is 1.71. The summed E-state index contributed by atoms with van der Waals surface area (Å²) in [5, 5.41) is 6.43. The van der Waals surface area contributed by atoms with Gasteiger partial charge in [0.25, 0.3) is 10.7 Å². The fraction of sp³-hybridized carbons (Fsp3) is 0.368. The lowest BCUT2D eigenvalue weighted by Gasteiger charge is -2.33. The summed E-state index contributed by atoms with van der Waals surface area (Å²) in [4.78, 5) is 3.77. The summed E-state index contributed by atoms with van der Waals surface area (Å²) in [6, 6.07) is 9.41. The van der Waals surface area contributed by atoms with E-state index in [9.17, 15) is 8.42 Å². The van der Waals surface area contributed by atoms with Crippen LogP contribution in [0.3, 0.4) is 0 Å². The standard InChI is InChI=1S/C19H22N4O3S3/c1-14-5-6-15(2)17(12-14)29(24,25)22-9-7-21(8-10-22)13-23-19(27)26-18(20-23)16-4-3-11-28-16/h3-6,11-12H,7-10,13H2,1-2H3. The molecular weight excluding hydrogens is 428 g/mol. The zero-order valence-corrected chi connectivity index (χ0v) is 18.7. The molecule has 0 atom stereocenters. The highest BCUT2D eigenvalue weighted by molar-refractivity contribution is 7.89. The number of aryl methyl sites for hydroxylation is 2. The maximum atomic E-state index is 13.1. The Morgan fingerprint density at radius 1 is 1.17 bits per heavy atom. The van der Waals surface area contributed by atoms with E-state index >= 15 is 0 Å². The summed E-state index contributed by atoms with van der Waals surface area (Å²) >= 11 is 6.84. The first-order valence-electron chi connectivity index (χ1n) is 9.26. The molecule has 10 heteroatoms. The fourth-order valence-electron chi connectivity index (χ4n) is 3.32. The Morgan fingerprint density at radius 3 is 2.62 bits per heavy atom. The van der Waals surface area contributed by atoms with Crippen molar-refractivity contribution in [1.82, 2.24) is 19.0 Å². The Balaban J connectivity index is 1.44. The summed E-state index contributed by atoms with van der Waals surface area (Å²) in [6.07, 6.45) is 0. The molecule has 3 aromatic rings. The van der Waals surface area contributed by atoms with Crippen LogP contribution in [0.1, 0.15) is 11.1 Å². The van der Waals surface area contributed by atoms with Gasteiger partial charge in [-0.2, -0.15) is 4.31 Å². The van der Waals surface area contributed by atoms with E-state index in [-0.39, 0.29) is 0 Å². The van der Waals surface area contributed by atoms with Gasteiger partial charge in [0.15, 0.2) is 0 Å². The van der Waals surface area contributed by atoms with Crippen LogP contribution in [-0.4, -0.2) is 53.6 Å². The number of hydrogen-bond donors (Lipinski definition) is 0. The lowest BCUT2D eigenvalue weighted by Crippen LogP contribution is -2.49. The smallest absolute Gasteiger partial charge is 0.288 e. The molecule has 1 fully saturated rings. The van der Waals surface area contributed by atoms with Crippen LogP contribution < -0.4 is 0 Å². The Hall–Kier alpha value is -1.85. The largest absolute Gasteiger partial charge is 0.408 e. The van der Waals surface area contributed by atoms with Crippen molar-refractivity contribution >= 4 is 33.6 Å². The number of rotatable bonds is 5. The molecule has 2 aromatic heterocycles. The third kappa shape index (κ3) is 4.22. The second-order valence-electron chi connectivity index (χ2n) is 7.08. The molecule has 29 heavy (non-hydrogen) atoms. The van der Waals surface area contributed by atoms with Crippen molar-refractivity contribution in [2.75, 3.05) is 26.2 Å². The molecule has 0 N–H and O–H groups in total. The predicted octanol–water partition coefficient (Wildman–Crippen LogP) is 3.51. The number of sulfonamides is 1. The second kappa shape index (κ2) is 8.11. The van der Waals surface area contributed by atoms with Crippen molar-refractivity contribution in [2.24, 2.45) is 0 Å². The first-order valence-corrected chi connectivity index (χ1v) is 12.0. The average Bonchev–Trinajstić information content (AvgIpc) is 3.34. The van der Waals surface area contributed by atoms with Crippen molar-refractivity contribution in [1.29, 1.82) is 0 Å². The van der Waals surface area contributed by atoms with Crippen LogP contribution in [0.15, 0.2) is 45.0 Å². The van der Waals surface area contributed by atoms with E-state index in [1.54, 1.807) is 26.4 Å². The van der Waals surface area contributed by atoms with Gasteiger partial charge in [0.1, 0.15) is 0 Å². The summed E-state index contributed by atoms with van der Waals surface area (Å²) in [5.74, 6) is 0.515. The van der Waals surface area contributed by atoms with Crippen molar-refractivity contribution < 1.29 is 12.8 Å². The number of nitrogens with zero attached hydrogens (tertiary/aromatic N) is 4. The van der Waals surface area contributed by atoms with Gasteiger partial charge in [-0.05, 0) is 54.7 Å². The number of aromatic nitrogens is 2. The number of piperazine rings is 1. The van der Waals surface area contributed by atoms with E-state index in [1.807, 2.05) is 43.5 Å². The zero-order valence-electron chi connectivity index (χ0n) is 16.2. The molecule has 3 heterocycles. The van der Waals surface area contributed by atoms with Gasteiger partial charge in [0, 0.05) is 26.2 Å². The van der Waals surface area contributed by atoms with Gasteiger partial charge in [-0.1, -0.05) is 18.2 Å². The molecule has 0 unspecified atom stereocenters. The molecular formula is C19H22N4O3S3. The summed E-state index contributed by atoms with van der Waals surface area (Å²) < 4.78 is 35.0. The minimum Gasteiger partial charge on any atom is -0.408 e. The van der Waals surface area contributed by atoms with Crippen molar-refractivity contribution in [3.63, 3.8) is 0 Å². The van der Waals surface area contributed by atoms with Gasteiger partial charge < -0.3 is 4.42 Å². The summed E-state index contributed by atoms with van der Waals surface area (Å²) in [6.45, 7) is 6.28. The third-order valence-electron chi connectivity index (χ3n) is 4.96. The Labute approximate surface area is 179 Å². The average molecular weight is 451 g/mol. The maximum Gasteiger partial charge on any atom is 0.288 e. The molecule has 7 nitrogen and oxygen atoms in total. The van der Waals surface area contributed by atoms with E-state index in [2.05, 4.69) is 10.00 Å². The number of hydrogen-bond acceptors (Lipinski definition) is 7. The molecule has 0 spiro atoms. The lowest BCUT2D eigenvalue weighted by atomic mass is 10.2. The Morgan fingerprint density at radius 2 is 1.93 bits per heavy atom. The normalized spacial score (nSPS) is 16.3. The van der Waals surface area contributed by atoms with Gasteiger partial charge in [-0.3, -0.25) is 4.90 Å². The van der Waals surface area contributed by atoms with Gasteiger partial charge in [0.05, 0.1) is 16.4 Å². The summed E-state index contributed by atoms with van der Waals surface area (Å²) in [7, 11) is -3.50. The quantitative estimate of drug-likeness (QED) is 0.554. The minimum absolute atomic E-state index is 0.318. The van der Waals surface area contributed by atoms with E-state index in [4.69, 9.17) is 16.6 Å². The minimum atomic E-state index is -3.50. The fourth-order valence-corrected chi connectivity index (χ4v) is 5.87. The highest BCUT2D eigenvalue weighted by Gasteiger charge is 2.30. The molecule has 0 saturated carbocycles. The molecule has 1 aromatic carbocycles. The lowest BCUT2D eigenvalue weighted by molar-refractivity contribution is 0.143. The first-order chi connectivity index (χ1) is 13.8. The molecule has 0 aliphatic carbocycles. The third-order valence-corrected chi connectivity index (χ3v) is 8.16. The van der Waals surface area contributed by atoms with Gasteiger partial charge in [-0.25, -0.2) is 13.1 Å². The second-order valence-corrected chi connectivity index (χ2v) is 10.3. The van der Waals surface area contributed by atoms with Crippen LogP contribution in [-0.2, 0) is 16.7 Å². The Bertz CT molecular complexity index is 1160. The predicted molar refractivity (Wildman–Crippen MR) is 115 cm³/mol. The molecule has 1 saturated heterocycles. The topological polar surface area (TPSA) is 71.6 Å². The van der Waals surface area contributed by atoms with E-state index in [0.717, 1.165) is 16.0 Å².